The standard InChI is InChI=1S/C30H27ClN2O8S/c1-36-22-8-15(9-23(37-2)27(22)38-3)24-17-10-20-21(41-13-40-20)11-18(17)26(19-12-39-29(35)25(19)24)32-30(42)33-28(34)14-5-4-6-16(31)7-14/h4-11,19,24-26H,12-13H2,1-3H3,(H2,32,33,34,42)/t19-,24+,25-,26+/m0/s1. The molecule has 1 aliphatic carbocycles. The molecule has 10 nitrogen and oxygen atoms in total. The van der Waals surface area contributed by atoms with Gasteiger partial charge in [-0.2, -0.15) is 0 Å². The average Bonchev–Trinajstić information content (AvgIpc) is 3.61. The third-order valence-corrected chi connectivity index (χ3v) is 8.29. The molecule has 0 aromatic heterocycles. The summed E-state index contributed by atoms with van der Waals surface area (Å²) in [5, 5.41) is 6.53. The van der Waals surface area contributed by atoms with Crippen molar-refractivity contribution in [3.05, 3.63) is 75.8 Å². The van der Waals surface area contributed by atoms with Crippen LogP contribution in [0.2, 0.25) is 5.02 Å². The summed E-state index contributed by atoms with van der Waals surface area (Å²) < 4.78 is 33.8. The van der Waals surface area contributed by atoms with Gasteiger partial charge in [0.25, 0.3) is 5.91 Å². The minimum absolute atomic E-state index is 0.0776. The molecule has 2 heterocycles. The molecule has 0 saturated carbocycles. The van der Waals surface area contributed by atoms with Crippen molar-refractivity contribution < 1.29 is 38.0 Å². The lowest BCUT2D eigenvalue weighted by Crippen LogP contribution is -2.47. The molecule has 2 N–H and O–H groups in total. The number of nitrogens with one attached hydrogen (secondary N) is 2. The first-order valence-electron chi connectivity index (χ1n) is 13.1. The van der Waals surface area contributed by atoms with Gasteiger partial charge >= 0.3 is 5.97 Å². The predicted octanol–water partition coefficient (Wildman–Crippen LogP) is 4.37. The van der Waals surface area contributed by atoms with Crippen LogP contribution in [-0.4, -0.2) is 51.7 Å². The zero-order valence-corrected chi connectivity index (χ0v) is 24.5. The van der Waals surface area contributed by atoms with E-state index in [9.17, 15) is 9.59 Å². The van der Waals surface area contributed by atoms with E-state index in [1.165, 1.54) is 7.11 Å². The van der Waals surface area contributed by atoms with Gasteiger partial charge in [0.1, 0.15) is 0 Å². The summed E-state index contributed by atoms with van der Waals surface area (Å²) in [5.41, 5.74) is 2.78. The fourth-order valence-electron chi connectivity index (χ4n) is 6.01. The van der Waals surface area contributed by atoms with E-state index in [0.717, 1.165) is 16.7 Å². The Morgan fingerprint density at radius 3 is 2.29 bits per heavy atom. The summed E-state index contributed by atoms with van der Waals surface area (Å²) in [4.78, 5) is 26.3. The number of thiocarbonyl (C=S) groups is 1. The van der Waals surface area contributed by atoms with E-state index >= 15 is 0 Å². The average molecular weight is 611 g/mol. The third kappa shape index (κ3) is 4.82. The van der Waals surface area contributed by atoms with Gasteiger partial charge in [0, 0.05) is 22.4 Å². The monoisotopic (exact) mass is 610 g/mol. The first kappa shape index (κ1) is 27.9. The summed E-state index contributed by atoms with van der Waals surface area (Å²) in [6, 6.07) is 13.5. The third-order valence-electron chi connectivity index (χ3n) is 7.83. The van der Waals surface area contributed by atoms with E-state index in [0.29, 0.717) is 39.3 Å². The molecular formula is C30H27ClN2O8S. The van der Waals surface area contributed by atoms with Crippen LogP contribution in [0.3, 0.4) is 0 Å². The highest BCUT2D eigenvalue weighted by molar-refractivity contribution is 7.80. The molecule has 0 unspecified atom stereocenters. The van der Waals surface area contributed by atoms with Gasteiger partial charge in [-0.25, -0.2) is 0 Å². The van der Waals surface area contributed by atoms with E-state index in [4.69, 9.17) is 52.2 Å². The smallest absolute Gasteiger partial charge is 0.310 e. The Morgan fingerprint density at radius 2 is 1.64 bits per heavy atom. The van der Waals surface area contributed by atoms with Crippen LogP contribution < -0.4 is 34.3 Å². The second kappa shape index (κ2) is 11.2. The number of amides is 1. The highest BCUT2D eigenvalue weighted by Crippen LogP contribution is 2.55. The minimum atomic E-state index is -0.593. The number of fused-ring (bicyclic) bond motifs is 3. The minimum Gasteiger partial charge on any atom is -0.493 e. The number of halogens is 1. The van der Waals surface area contributed by atoms with Crippen molar-refractivity contribution in [3.63, 3.8) is 0 Å². The van der Waals surface area contributed by atoms with E-state index in [1.54, 1.807) is 38.5 Å². The number of benzene rings is 3. The second-order valence-corrected chi connectivity index (χ2v) is 10.9. The molecule has 1 saturated heterocycles. The van der Waals surface area contributed by atoms with Crippen LogP contribution in [0.5, 0.6) is 28.7 Å². The maximum Gasteiger partial charge on any atom is 0.310 e. The van der Waals surface area contributed by atoms with E-state index in [-0.39, 0.29) is 30.4 Å². The van der Waals surface area contributed by atoms with Crippen LogP contribution in [-0.2, 0) is 9.53 Å². The molecule has 3 aliphatic rings. The lowest BCUT2D eigenvalue weighted by Gasteiger charge is -2.40. The number of hydrogen-bond donors (Lipinski definition) is 2. The van der Waals surface area contributed by atoms with Gasteiger partial charge in [0.05, 0.1) is 39.9 Å². The quantitative estimate of drug-likeness (QED) is 0.308. The van der Waals surface area contributed by atoms with Crippen LogP contribution >= 0.6 is 23.8 Å². The topological polar surface area (TPSA) is 114 Å². The summed E-state index contributed by atoms with van der Waals surface area (Å²) in [5.74, 6) is 0.357. The molecular weight excluding hydrogens is 584 g/mol. The molecule has 6 rings (SSSR count). The lowest BCUT2D eigenvalue weighted by molar-refractivity contribution is -0.141. The van der Waals surface area contributed by atoms with Gasteiger partial charge < -0.3 is 33.7 Å². The van der Waals surface area contributed by atoms with Gasteiger partial charge in [-0.05, 0) is 71.4 Å². The molecule has 0 radical (unpaired) electrons. The summed E-state index contributed by atoms with van der Waals surface area (Å²) in [6.45, 7) is 0.231. The number of carbonyl (C=O) groups excluding carboxylic acids is 2. The Labute approximate surface area is 252 Å². The number of ether oxygens (including phenoxy) is 6. The second-order valence-electron chi connectivity index (χ2n) is 10.0. The van der Waals surface area contributed by atoms with E-state index < -0.39 is 23.8 Å². The van der Waals surface area contributed by atoms with Gasteiger partial charge in [-0.15, -0.1) is 0 Å². The molecule has 42 heavy (non-hydrogen) atoms. The molecule has 1 fully saturated rings. The van der Waals surface area contributed by atoms with Crippen molar-refractivity contribution in [1.29, 1.82) is 0 Å². The fraction of sp³-hybridized carbons (Fsp3) is 0.300. The fourth-order valence-corrected chi connectivity index (χ4v) is 6.42. The number of carbonyl (C=O) groups is 2. The summed E-state index contributed by atoms with van der Waals surface area (Å²) in [6.07, 6.45) is 0. The van der Waals surface area contributed by atoms with Crippen LogP contribution in [0.25, 0.3) is 0 Å². The Bertz CT molecular complexity index is 1570. The summed E-state index contributed by atoms with van der Waals surface area (Å²) in [7, 11) is 4.61. The van der Waals surface area contributed by atoms with Crippen molar-refractivity contribution in [2.45, 2.75) is 12.0 Å². The highest BCUT2D eigenvalue weighted by Gasteiger charge is 2.53. The van der Waals surface area contributed by atoms with Crippen LogP contribution in [0, 0.1) is 11.8 Å². The van der Waals surface area contributed by atoms with Crippen LogP contribution in [0.4, 0.5) is 0 Å². The van der Waals surface area contributed by atoms with Gasteiger partial charge in [-0.3, -0.25) is 14.9 Å². The Balaban J connectivity index is 1.42. The molecule has 3 aromatic carbocycles. The maximum atomic E-state index is 13.4. The first-order chi connectivity index (χ1) is 20.3. The molecule has 3 aromatic rings. The molecule has 2 aliphatic heterocycles. The molecule has 218 valence electrons. The molecule has 12 heteroatoms. The number of cyclic esters (lactones) is 1. The Kier molecular flexibility index (Phi) is 7.46. The maximum absolute atomic E-state index is 13.4. The molecule has 1 amide bonds. The van der Waals surface area contributed by atoms with Gasteiger partial charge in [0.2, 0.25) is 12.5 Å². The Hall–Kier alpha value is -4.22. The van der Waals surface area contributed by atoms with Crippen molar-refractivity contribution in [1.82, 2.24) is 10.6 Å². The van der Waals surface area contributed by atoms with Crippen LogP contribution in [0.15, 0.2) is 48.5 Å². The summed E-state index contributed by atoms with van der Waals surface area (Å²) >= 11 is 11.6. The molecule has 0 spiro atoms. The van der Waals surface area contributed by atoms with Crippen molar-refractivity contribution >= 4 is 40.8 Å². The zero-order chi connectivity index (χ0) is 29.5. The number of methoxy groups -OCH3 is 3. The largest absolute Gasteiger partial charge is 0.493 e. The van der Waals surface area contributed by atoms with Crippen molar-refractivity contribution in [3.8, 4) is 28.7 Å². The van der Waals surface area contributed by atoms with Crippen LogP contribution in [0.1, 0.15) is 39.0 Å². The number of hydrogen-bond acceptors (Lipinski definition) is 9. The molecule has 0 bridgehead atoms. The predicted molar refractivity (Wildman–Crippen MR) is 156 cm³/mol. The molecule has 4 atom stereocenters. The lowest BCUT2D eigenvalue weighted by atomic mass is 9.65. The van der Waals surface area contributed by atoms with Gasteiger partial charge in [-0.1, -0.05) is 17.7 Å². The number of rotatable bonds is 6. The first-order valence-corrected chi connectivity index (χ1v) is 13.9. The normalized spacial score (nSPS) is 21.5. The van der Waals surface area contributed by atoms with E-state index in [1.807, 2.05) is 24.3 Å². The Morgan fingerprint density at radius 1 is 0.952 bits per heavy atom. The van der Waals surface area contributed by atoms with Crippen molar-refractivity contribution in [2.24, 2.45) is 11.8 Å². The van der Waals surface area contributed by atoms with Gasteiger partial charge in [0.15, 0.2) is 28.1 Å². The highest BCUT2D eigenvalue weighted by atomic mass is 35.5. The SMILES string of the molecule is COc1cc([C@@H]2c3cc4c(cc3[C@@H](NC(=S)NC(=O)c3cccc(Cl)c3)[C@H]3COC(=O)[C@H]23)OCO4)cc(OC)c1OC. The number of esters is 1. The zero-order valence-electron chi connectivity index (χ0n) is 22.9. The van der Waals surface area contributed by atoms with E-state index in [2.05, 4.69) is 10.6 Å². The van der Waals surface area contributed by atoms with Crippen molar-refractivity contribution in [2.75, 3.05) is 34.7 Å².